The summed E-state index contributed by atoms with van der Waals surface area (Å²) < 4.78 is 51.7. The van der Waals surface area contributed by atoms with Gasteiger partial charge in [0.25, 0.3) is 0 Å². The molecule has 5 heteroatoms. The number of hydrogen-bond acceptors (Lipinski definition) is 1. The van der Waals surface area contributed by atoms with Crippen molar-refractivity contribution in [1.82, 2.24) is 5.32 Å². The molecule has 1 N–H and O–H groups in total. The standard InChI is InChI=1S/C12H15F4N/c1-4-17-11(12(14,15)16)10-7(2)5-9(13)6-8(10)3/h5-6,11,17H,4H2,1-3H3. The van der Waals surface area contributed by atoms with E-state index in [-0.39, 0.29) is 12.1 Å². The molecule has 0 heterocycles. The van der Waals surface area contributed by atoms with Crippen LogP contribution in [0.4, 0.5) is 17.6 Å². The molecular weight excluding hydrogens is 234 g/mol. The summed E-state index contributed by atoms with van der Waals surface area (Å²) in [6, 6.07) is 0.504. The fraction of sp³-hybridized carbons (Fsp3) is 0.500. The third-order valence-electron chi connectivity index (χ3n) is 2.58. The summed E-state index contributed by atoms with van der Waals surface area (Å²) in [5.41, 5.74) is 0.734. The number of aryl methyl sites for hydroxylation is 2. The first-order valence-electron chi connectivity index (χ1n) is 5.34. The van der Waals surface area contributed by atoms with Gasteiger partial charge in [-0.3, -0.25) is 0 Å². The molecule has 0 bridgehead atoms. The van der Waals surface area contributed by atoms with Gasteiger partial charge in [0.1, 0.15) is 11.9 Å². The lowest BCUT2D eigenvalue weighted by Crippen LogP contribution is -2.35. The fourth-order valence-corrected chi connectivity index (χ4v) is 1.96. The van der Waals surface area contributed by atoms with E-state index in [1.165, 1.54) is 13.8 Å². The molecule has 1 unspecified atom stereocenters. The van der Waals surface area contributed by atoms with Crippen LogP contribution in [-0.2, 0) is 0 Å². The van der Waals surface area contributed by atoms with E-state index in [2.05, 4.69) is 5.32 Å². The predicted molar refractivity (Wildman–Crippen MR) is 58.3 cm³/mol. The summed E-state index contributed by atoms with van der Waals surface area (Å²) in [5.74, 6) is -0.513. The van der Waals surface area contributed by atoms with Crippen LogP contribution in [-0.4, -0.2) is 12.7 Å². The Bertz CT molecular complexity index is 375. The highest BCUT2D eigenvalue weighted by atomic mass is 19.4. The van der Waals surface area contributed by atoms with Gasteiger partial charge in [-0.1, -0.05) is 6.92 Å². The van der Waals surface area contributed by atoms with Crippen molar-refractivity contribution < 1.29 is 17.6 Å². The normalized spacial score (nSPS) is 13.8. The molecule has 0 radical (unpaired) electrons. The van der Waals surface area contributed by atoms with Crippen molar-refractivity contribution in [2.24, 2.45) is 0 Å². The van der Waals surface area contributed by atoms with Crippen molar-refractivity contribution in [3.8, 4) is 0 Å². The molecule has 1 nitrogen and oxygen atoms in total. The minimum Gasteiger partial charge on any atom is -0.303 e. The third-order valence-corrected chi connectivity index (χ3v) is 2.58. The molecule has 1 aromatic rings. The van der Waals surface area contributed by atoms with Crippen molar-refractivity contribution in [2.75, 3.05) is 6.54 Å². The van der Waals surface area contributed by atoms with Gasteiger partial charge in [0.15, 0.2) is 0 Å². The Morgan fingerprint density at radius 3 is 2.00 bits per heavy atom. The minimum absolute atomic E-state index is 0.112. The van der Waals surface area contributed by atoms with Crippen LogP contribution in [0.15, 0.2) is 12.1 Å². The molecule has 1 rings (SSSR count). The maximum atomic E-state index is 13.1. The minimum atomic E-state index is -4.39. The van der Waals surface area contributed by atoms with Crippen LogP contribution in [0.5, 0.6) is 0 Å². The zero-order valence-electron chi connectivity index (χ0n) is 9.95. The quantitative estimate of drug-likeness (QED) is 0.806. The van der Waals surface area contributed by atoms with E-state index < -0.39 is 18.0 Å². The zero-order valence-corrected chi connectivity index (χ0v) is 9.95. The van der Waals surface area contributed by atoms with Crippen molar-refractivity contribution in [3.63, 3.8) is 0 Å². The maximum Gasteiger partial charge on any atom is 0.407 e. The average Bonchev–Trinajstić information content (AvgIpc) is 2.13. The number of rotatable bonds is 3. The Labute approximate surface area is 97.8 Å². The first-order valence-corrected chi connectivity index (χ1v) is 5.34. The SMILES string of the molecule is CCNC(c1c(C)cc(F)cc1C)C(F)(F)F. The number of benzene rings is 1. The summed E-state index contributed by atoms with van der Waals surface area (Å²) in [6.45, 7) is 4.77. The maximum absolute atomic E-state index is 13.1. The van der Waals surface area contributed by atoms with E-state index in [1.54, 1.807) is 6.92 Å². The van der Waals surface area contributed by atoms with Crippen LogP contribution >= 0.6 is 0 Å². The largest absolute Gasteiger partial charge is 0.407 e. The lowest BCUT2D eigenvalue weighted by Gasteiger charge is -2.24. The van der Waals surface area contributed by atoms with Gasteiger partial charge in [0.05, 0.1) is 0 Å². The lowest BCUT2D eigenvalue weighted by molar-refractivity contribution is -0.157. The van der Waals surface area contributed by atoms with Crippen molar-refractivity contribution >= 4 is 0 Å². The van der Waals surface area contributed by atoms with Crippen LogP contribution in [0.2, 0.25) is 0 Å². The highest BCUT2D eigenvalue weighted by Gasteiger charge is 2.41. The molecule has 0 aromatic heterocycles. The molecule has 0 fully saturated rings. The molecule has 96 valence electrons. The second kappa shape index (κ2) is 5.04. The first-order chi connectivity index (χ1) is 7.77. The van der Waals surface area contributed by atoms with Gasteiger partial charge < -0.3 is 5.32 Å². The molecule has 0 spiro atoms. The Morgan fingerprint density at radius 2 is 1.65 bits per heavy atom. The molecule has 1 atom stereocenters. The van der Waals surface area contributed by atoms with Gasteiger partial charge in [0.2, 0.25) is 0 Å². The van der Waals surface area contributed by atoms with Gasteiger partial charge in [-0.15, -0.1) is 0 Å². The summed E-state index contributed by atoms with van der Waals surface area (Å²) in [4.78, 5) is 0. The van der Waals surface area contributed by atoms with E-state index >= 15 is 0 Å². The smallest absolute Gasteiger partial charge is 0.303 e. The molecule has 0 aliphatic heterocycles. The van der Waals surface area contributed by atoms with E-state index in [9.17, 15) is 17.6 Å². The summed E-state index contributed by atoms with van der Waals surface area (Å²) in [5, 5.41) is 2.39. The topological polar surface area (TPSA) is 12.0 Å². The van der Waals surface area contributed by atoms with E-state index in [1.807, 2.05) is 0 Å². The third kappa shape index (κ3) is 3.19. The van der Waals surface area contributed by atoms with Gasteiger partial charge >= 0.3 is 6.18 Å². The van der Waals surface area contributed by atoms with Crippen LogP contribution in [0.3, 0.4) is 0 Å². The molecule has 0 saturated heterocycles. The Hall–Kier alpha value is -1.10. The van der Waals surface area contributed by atoms with E-state index in [0.717, 1.165) is 12.1 Å². The number of alkyl halides is 3. The van der Waals surface area contributed by atoms with Gasteiger partial charge in [-0.05, 0) is 49.2 Å². The predicted octanol–water partition coefficient (Wildman–Crippen LogP) is 3.66. The zero-order chi connectivity index (χ0) is 13.2. The Balaban J connectivity index is 3.28. The molecular formula is C12H15F4N. The Kier molecular flexibility index (Phi) is 4.14. The summed E-state index contributed by atoms with van der Waals surface area (Å²) >= 11 is 0. The van der Waals surface area contributed by atoms with Crippen molar-refractivity contribution in [3.05, 3.63) is 34.6 Å². The second-order valence-electron chi connectivity index (χ2n) is 3.99. The van der Waals surface area contributed by atoms with E-state index in [0.29, 0.717) is 11.1 Å². The van der Waals surface area contributed by atoms with Gasteiger partial charge in [-0.25, -0.2) is 4.39 Å². The summed E-state index contributed by atoms with van der Waals surface area (Å²) in [7, 11) is 0. The van der Waals surface area contributed by atoms with Crippen LogP contribution in [0.1, 0.15) is 29.7 Å². The van der Waals surface area contributed by atoms with Crippen molar-refractivity contribution in [2.45, 2.75) is 33.0 Å². The van der Waals surface area contributed by atoms with Crippen LogP contribution < -0.4 is 5.32 Å². The molecule has 0 aliphatic carbocycles. The van der Waals surface area contributed by atoms with Crippen LogP contribution in [0, 0.1) is 19.7 Å². The average molecular weight is 249 g/mol. The number of hydrogen-bond donors (Lipinski definition) is 1. The summed E-state index contributed by atoms with van der Waals surface area (Å²) in [6.07, 6.45) is -4.39. The second-order valence-corrected chi connectivity index (χ2v) is 3.99. The first kappa shape index (κ1) is 14.0. The molecule has 0 saturated carbocycles. The van der Waals surface area contributed by atoms with Gasteiger partial charge in [0, 0.05) is 0 Å². The molecule has 0 amide bonds. The van der Waals surface area contributed by atoms with E-state index in [4.69, 9.17) is 0 Å². The fourth-order valence-electron chi connectivity index (χ4n) is 1.96. The lowest BCUT2D eigenvalue weighted by atomic mass is 9.95. The van der Waals surface area contributed by atoms with Crippen LogP contribution in [0.25, 0.3) is 0 Å². The number of nitrogens with one attached hydrogen (secondary N) is 1. The number of halogens is 4. The van der Waals surface area contributed by atoms with Crippen molar-refractivity contribution in [1.29, 1.82) is 0 Å². The highest BCUT2D eigenvalue weighted by Crippen LogP contribution is 2.36. The molecule has 17 heavy (non-hydrogen) atoms. The Morgan fingerprint density at radius 1 is 1.18 bits per heavy atom. The molecule has 1 aromatic carbocycles. The highest BCUT2D eigenvalue weighted by molar-refractivity contribution is 5.37. The molecule has 0 aliphatic rings. The monoisotopic (exact) mass is 249 g/mol. The van der Waals surface area contributed by atoms with Gasteiger partial charge in [-0.2, -0.15) is 13.2 Å².